The van der Waals surface area contributed by atoms with Crippen molar-refractivity contribution < 1.29 is 21.6 Å². The number of benzene rings is 1. The molecule has 1 unspecified atom stereocenters. The molecule has 0 saturated heterocycles. The van der Waals surface area contributed by atoms with Gasteiger partial charge in [-0.3, -0.25) is 0 Å². The second-order valence-corrected chi connectivity index (χ2v) is 8.24. The van der Waals surface area contributed by atoms with E-state index in [0.717, 1.165) is 12.2 Å². The van der Waals surface area contributed by atoms with Crippen LogP contribution in [-0.2, 0) is 9.84 Å². The molecule has 9 heteroatoms. The van der Waals surface area contributed by atoms with Crippen LogP contribution in [-0.4, -0.2) is 33.2 Å². The topological polar surface area (TPSA) is 63.4 Å². The third-order valence-corrected chi connectivity index (χ3v) is 6.66. The Kier molecular flexibility index (Phi) is 5.80. The predicted molar refractivity (Wildman–Crippen MR) is 97.0 cm³/mol. The van der Waals surface area contributed by atoms with Crippen LogP contribution in [0, 0.1) is 0 Å². The molecule has 0 aliphatic heterocycles. The van der Waals surface area contributed by atoms with Gasteiger partial charge in [0.05, 0.1) is 15.6 Å². The second kappa shape index (κ2) is 7.25. The molecule has 1 aliphatic rings. The van der Waals surface area contributed by atoms with Gasteiger partial charge in [0.15, 0.2) is 0 Å². The van der Waals surface area contributed by atoms with Crippen LogP contribution < -0.4 is 10.6 Å². The highest BCUT2D eigenvalue weighted by Gasteiger charge is 2.50. The van der Waals surface area contributed by atoms with Gasteiger partial charge in [0.1, 0.15) is 10.4 Å². The van der Waals surface area contributed by atoms with E-state index in [1.165, 1.54) is 6.07 Å². The summed E-state index contributed by atoms with van der Waals surface area (Å²) in [6, 6.07) is 4.70. The monoisotopic (exact) mass is 408 g/mol. The first-order valence-electron chi connectivity index (χ1n) is 8.01. The predicted octanol–water partition coefficient (Wildman–Crippen LogP) is 4.06. The average molecular weight is 409 g/mol. The summed E-state index contributed by atoms with van der Waals surface area (Å²) in [4.78, 5) is 1.46. The number of sulfone groups is 1. The molecule has 1 aromatic rings. The molecule has 1 atom stereocenters. The molecule has 26 heavy (non-hydrogen) atoms. The average Bonchev–Trinajstić information content (AvgIpc) is 2.55. The van der Waals surface area contributed by atoms with E-state index < -0.39 is 28.0 Å². The molecule has 2 N–H and O–H groups in total. The van der Waals surface area contributed by atoms with Crippen LogP contribution in [0.5, 0.6) is 0 Å². The lowest BCUT2D eigenvalue weighted by molar-refractivity contribution is -0.170. The number of rotatable bonds is 5. The lowest BCUT2D eigenvalue weighted by Crippen LogP contribution is -2.52. The Morgan fingerprint density at radius 3 is 2.35 bits per heavy atom. The third-order valence-electron chi connectivity index (χ3n) is 4.34. The highest BCUT2D eigenvalue weighted by Crippen LogP contribution is 2.40. The molecule has 1 aromatic carbocycles. The Morgan fingerprint density at radius 1 is 1.27 bits per heavy atom. The summed E-state index contributed by atoms with van der Waals surface area (Å²) in [5.41, 5.74) is 3.18. The SMILES string of the molecule is CCN(CC)c1cccc(Cl)c1S(=O)(=O)C1=CCC(N)(C(F)(F)F)C=C1. The van der Waals surface area contributed by atoms with Gasteiger partial charge in [-0.1, -0.05) is 29.8 Å². The van der Waals surface area contributed by atoms with E-state index in [2.05, 4.69) is 0 Å². The summed E-state index contributed by atoms with van der Waals surface area (Å²) >= 11 is 6.16. The number of halogens is 4. The zero-order chi connectivity index (χ0) is 19.8. The van der Waals surface area contributed by atoms with Gasteiger partial charge in [-0.25, -0.2) is 8.42 Å². The van der Waals surface area contributed by atoms with Crippen molar-refractivity contribution in [2.24, 2.45) is 5.73 Å². The highest BCUT2D eigenvalue weighted by molar-refractivity contribution is 7.95. The van der Waals surface area contributed by atoms with Gasteiger partial charge >= 0.3 is 6.18 Å². The Hall–Kier alpha value is -1.51. The smallest absolute Gasteiger partial charge is 0.371 e. The normalized spacial score (nSPS) is 20.8. The van der Waals surface area contributed by atoms with Gasteiger partial charge in [-0.15, -0.1) is 0 Å². The van der Waals surface area contributed by atoms with Gasteiger partial charge in [-0.2, -0.15) is 13.2 Å². The standard InChI is InChI=1S/C17H20ClF3N2O2S/c1-3-23(4-2)14-7-5-6-13(18)15(14)26(24,25)12-8-10-16(22,11-9-12)17(19,20)21/h5-10H,3-4,11,22H2,1-2H3. The van der Waals surface area contributed by atoms with Gasteiger partial charge < -0.3 is 10.6 Å². The molecule has 0 spiro atoms. The van der Waals surface area contributed by atoms with Crippen LogP contribution in [0.2, 0.25) is 5.02 Å². The summed E-state index contributed by atoms with van der Waals surface area (Å²) in [6.45, 7) is 4.84. The van der Waals surface area contributed by atoms with Crippen molar-refractivity contribution >= 4 is 27.1 Å². The van der Waals surface area contributed by atoms with Crippen LogP contribution in [0.4, 0.5) is 18.9 Å². The number of allylic oxidation sites excluding steroid dienone is 1. The number of nitrogens with two attached hydrogens (primary N) is 1. The summed E-state index contributed by atoms with van der Waals surface area (Å²) in [6.07, 6.45) is -2.74. The fraction of sp³-hybridized carbons (Fsp3) is 0.412. The zero-order valence-electron chi connectivity index (χ0n) is 14.3. The largest absolute Gasteiger partial charge is 0.410 e. The van der Waals surface area contributed by atoms with E-state index in [1.54, 1.807) is 12.1 Å². The quantitative estimate of drug-likeness (QED) is 0.797. The molecule has 1 aliphatic carbocycles. The molecule has 2 rings (SSSR count). The van der Waals surface area contributed by atoms with Crippen molar-refractivity contribution in [3.05, 3.63) is 46.4 Å². The van der Waals surface area contributed by atoms with Crippen molar-refractivity contribution in [3.63, 3.8) is 0 Å². The van der Waals surface area contributed by atoms with Crippen molar-refractivity contribution in [2.75, 3.05) is 18.0 Å². The first kappa shape index (κ1) is 20.8. The van der Waals surface area contributed by atoms with Crippen LogP contribution in [0.25, 0.3) is 0 Å². The van der Waals surface area contributed by atoms with Crippen molar-refractivity contribution in [1.82, 2.24) is 0 Å². The molecular weight excluding hydrogens is 389 g/mol. The minimum atomic E-state index is -4.67. The maximum absolute atomic E-state index is 13.1. The van der Waals surface area contributed by atoms with Crippen molar-refractivity contribution in [2.45, 2.75) is 36.9 Å². The number of anilines is 1. The summed E-state index contributed by atoms with van der Waals surface area (Å²) < 4.78 is 65.2. The molecule has 0 saturated carbocycles. The fourth-order valence-electron chi connectivity index (χ4n) is 2.74. The number of alkyl halides is 3. The Labute approximate surface area is 156 Å². The molecule has 0 heterocycles. The first-order valence-corrected chi connectivity index (χ1v) is 9.87. The van der Waals surface area contributed by atoms with Crippen molar-refractivity contribution in [1.29, 1.82) is 0 Å². The molecule has 144 valence electrons. The highest BCUT2D eigenvalue weighted by atomic mass is 35.5. The zero-order valence-corrected chi connectivity index (χ0v) is 15.9. The fourth-order valence-corrected chi connectivity index (χ4v) is 4.80. The van der Waals surface area contributed by atoms with E-state index in [1.807, 2.05) is 18.7 Å². The van der Waals surface area contributed by atoms with E-state index in [0.29, 0.717) is 24.9 Å². The van der Waals surface area contributed by atoms with Crippen LogP contribution in [0.3, 0.4) is 0 Å². The second-order valence-electron chi connectivity index (χ2n) is 5.95. The maximum Gasteiger partial charge on any atom is 0.410 e. The minimum absolute atomic E-state index is 0.0177. The third kappa shape index (κ3) is 3.63. The van der Waals surface area contributed by atoms with E-state index >= 15 is 0 Å². The maximum atomic E-state index is 13.1. The molecule has 0 bridgehead atoms. The lowest BCUT2D eigenvalue weighted by atomic mass is 9.92. The minimum Gasteiger partial charge on any atom is -0.371 e. The van der Waals surface area contributed by atoms with Crippen LogP contribution in [0.15, 0.2) is 46.2 Å². The first-order chi connectivity index (χ1) is 12.0. The molecule has 4 nitrogen and oxygen atoms in total. The number of nitrogens with zero attached hydrogens (tertiary/aromatic N) is 1. The van der Waals surface area contributed by atoms with E-state index in [-0.39, 0.29) is 14.8 Å². The van der Waals surface area contributed by atoms with Gasteiger partial charge in [0.25, 0.3) is 0 Å². The van der Waals surface area contributed by atoms with Crippen LogP contribution in [0.1, 0.15) is 20.3 Å². The van der Waals surface area contributed by atoms with Crippen molar-refractivity contribution in [3.8, 4) is 0 Å². The summed E-state index contributed by atoms with van der Waals surface area (Å²) in [7, 11) is -4.11. The Bertz CT molecular complexity index is 846. The van der Waals surface area contributed by atoms with Crippen LogP contribution >= 0.6 is 11.6 Å². The van der Waals surface area contributed by atoms with Gasteiger partial charge in [-0.05, 0) is 38.5 Å². The van der Waals surface area contributed by atoms with Gasteiger partial charge in [0, 0.05) is 13.1 Å². The number of hydrogen-bond donors (Lipinski definition) is 1. The summed E-state index contributed by atoms with van der Waals surface area (Å²) in [5, 5.41) is 0.0177. The molecule has 0 aromatic heterocycles. The van der Waals surface area contributed by atoms with Gasteiger partial charge in [0.2, 0.25) is 9.84 Å². The molecule has 0 radical (unpaired) electrons. The lowest BCUT2D eigenvalue weighted by Gasteiger charge is -2.30. The Morgan fingerprint density at radius 2 is 1.88 bits per heavy atom. The molecule has 0 amide bonds. The van der Waals surface area contributed by atoms with E-state index in [4.69, 9.17) is 17.3 Å². The summed E-state index contributed by atoms with van der Waals surface area (Å²) in [5.74, 6) is 0. The Balaban J connectivity index is 2.53. The molecular formula is C17H20ClF3N2O2S. The van der Waals surface area contributed by atoms with E-state index in [9.17, 15) is 21.6 Å². The number of hydrogen-bond acceptors (Lipinski definition) is 4. The molecule has 0 fully saturated rings.